The summed E-state index contributed by atoms with van der Waals surface area (Å²) in [5, 5.41) is 1.39. The van der Waals surface area contributed by atoms with Gasteiger partial charge in [0.15, 0.2) is 0 Å². The maximum absolute atomic E-state index is 4.65. The van der Waals surface area contributed by atoms with Crippen LogP contribution in [0.1, 0.15) is 76.4 Å². The molecule has 0 fully saturated rings. The van der Waals surface area contributed by atoms with E-state index in [9.17, 15) is 0 Å². The molecule has 2 nitrogen and oxygen atoms in total. The molecule has 0 radical (unpaired) electrons. The first-order valence-corrected chi connectivity index (χ1v) is 7.35. The van der Waals surface area contributed by atoms with Crippen LogP contribution in [0, 0.1) is 6.92 Å². The van der Waals surface area contributed by atoms with Crippen LogP contribution in [-0.4, -0.2) is 9.55 Å². The Morgan fingerprint density at radius 3 is 2.11 bits per heavy atom. The van der Waals surface area contributed by atoms with E-state index >= 15 is 0 Å². The molecular weight excluding hydrogens is 232 g/mol. The molecule has 0 saturated carbocycles. The number of aromatic nitrogens is 2. The molecule has 0 aromatic carbocycles. The minimum absolute atomic E-state index is 0.462. The quantitative estimate of drug-likeness (QED) is 0.742. The lowest BCUT2D eigenvalue weighted by Crippen LogP contribution is -2.03. The lowest BCUT2D eigenvalue weighted by atomic mass is 9.95. The zero-order valence-corrected chi connectivity index (χ0v) is 13.3. The van der Waals surface area contributed by atoms with Crippen molar-refractivity contribution in [2.24, 2.45) is 0 Å². The maximum Gasteiger partial charge on any atom is 0.0525 e. The van der Waals surface area contributed by atoms with Crippen molar-refractivity contribution in [2.75, 3.05) is 0 Å². The topological polar surface area (TPSA) is 17.8 Å². The molecule has 0 unspecified atom stereocenters. The Balaban J connectivity index is 2.94. The molecule has 0 aliphatic rings. The van der Waals surface area contributed by atoms with Crippen LogP contribution < -0.4 is 0 Å². The van der Waals surface area contributed by atoms with Crippen LogP contribution in [0.3, 0.4) is 0 Å². The van der Waals surface area contributed by atoms with Gasteiger partial charge < -0.3 is 4.57 Å². The SMILES string of the molecule is Cc1c(C(C)C)c2c(C(C)C)nccc2n1C(C)C. The summed E-state index contributed by atoms with van der Waals surface area (Å²) in [5.74, 6) is 0.993. The van der Waals surface area contributed by atoms with Crippen molar-refractivity contribution in [3.05, 3.63) is 29.2 Å². The fourth-order valence-corrected chi connectivity index (χ4v) is 3.24. The molecule has 0 amide bonds. The van der Waals surface area contributed by atoms with Gasteiger partial charge in [0.1, 0.15) is 0 Å². The van der Waals surface area contributed by atoms with E-state index in [-0.39, 0.29) is 0 Å². The Morgan fingerprint density at radius 2 is 1.63 bits per heavy atom. The molecule has 0 saturated heterocycles. The van der Waals surface area contributed by atoms with E-state index in [2.05, 4.69) is 64.1 Å². The highest BCUT2D eigenvalue weighted by atomic mass is 15.0. The third kappa shape index (κ3) is 2.18. The first-order chi connectivity index (χ1) is 8.86. The highest BCUT2D eigenvalue weighted by molar-refractivity contribution is 5.88. The van der Waals surface area contributed by atoms with Crippen LogP contribution in [0.2, 0.25) is 0 Å². The van der Waals surface area contributed by atoms with Gasteiger partial charge in [0.25, 0.3) is 0 Å². The van der Waals surface area contributed by atoms with E-state index in [0.29, 0.717) is 17.9 Å². The summed E-state index contributed by atoms with van der Waals surface area (Å²) in [7, 11) is 0. The summed E-state index contributed by atoms with van der Waals surface area (Å²) < 4.78 is 2.46. The molecule has 0 aliphatic carbocycles. The fraction of sp³-hybridized carbons (Fsp3) is 0.588. The Hall–Kier alpha value is -1.31. The average Bonchev–Trinajstić information content (AvgIpc) is 2.59. The Labute approximate surface area is 116 Å². The molecule has 0 bridgehead atoms. The van der Waals surface area contributed by atoms with Crippen LogP contribution in [0.15, 0.2) is 12.3 Å². The van der Waals surface area contributed by atoms with Crippen LogP contribution >= 0.6 is 0 Å². The van der Waals surface area contributed by atoms with Gasteiger partial charge >= 0.3 is 0 Å². The zero-order valence-electron chi connectivity index (χ0n) is 13.3. The highest BCUT2D eigenvalue weighted by Gasteiger charge is 2.21. The predicted octanol–water partition coefficient (Wildman–Crippen LogP) is 5.17. The van der Waals surface area contributed by atoms with Gasteiger partial charge in [-0.3, -0.25) is 4.98 Å². The summed E-state index contributed by atoms with van der Waals surface area (Å²) in [5.41, 5.74) is 5.45. The second-order valence-electron chi connectivity index (χ2n) is 6.36. The van der Waals surface area contributed by atoms with Gasteiger partial charge in [0.2, 0.25) is 0 Å². The second kappa shape index (κ2) is 4.99. The van der Waals surface area contributed by atoms with E-state index in [4.69, 9.17) is 0 Å². The summed E-state index contributed by atoms with van der Waals surface area (Å²) >= 11 is 0. The largest absolute Gasteiger partial charge is 0.342 e. The van der Waals surface area contributed by atoms with Crippen LogP contribution in [0.4, 0.5) is 0 Å². The van der Waals surface area contributed by atoms with Crippen LogP contribution in [-0.2, 0) is 0 Å². The molecule has 2 aromatic rings. The molecule has 19 heavy (non-hydrogen) atoms. The highest BCUT2D eigenvalue weighted by Crippen LogP contribution is 2.37. The Morgan fingerprint density at radius 1 is 1.00 bits per heavy atom. The summed E-state index contributed by atoms with van der Waals surface area (Å²) in [4.78, 5) is 4.65. The fourth-order valence-electron chi connectivity index (χ4n) is 3.24. The molecule has 0 atom stereocenters. The summed E-state index contributed by atoms with van der Waals surface area (Å²) in [6.45, 7) is 15.8. The van der Waals surface area contributed by atoms with Gasteiger partial charge in [0, 0.05) is 23.3 Å². The standard InChI is InChI=1S/C17H26N2/c1-10(2)15-13(7)19(12(5)6)14-8-9-18-17(11(3)4)16(14)15/h8-12H,1-7H3. The lowest BCUT2D eigenvalue weighted by Gasteiger charge is -2.13. The number of fused-ring (bicyclic) bond motifs is 1. The van der Waals surface area contributed by atoms with Gasteiger partial charge in [-0.05, 0) is 44.2 Å². The predicted molar refractivity (Wildman–Crippen MR) is 83.0 cm³/mol. The molecule has 2 heteroatoms. The van der Waals surface area contributed by atoms with E-state index in [1.54, 1.807) is 0 Å². The first-order valence-electron chi connectivity index (χ1n) is 7.35. The van der Waals surface area contributed by atoms with Gasteiger partial charge in [0.05, 0.1) is 11.2 Å². The molecule has 104 valence electrons. The first kappa shape index (κ1) is 14.1. The third-order valence-corrected chi connectivity index (χ3v) is 3.88. The van der Waals surface area contributed by atoms with Crippen molar-refractivity contribution >= 4 is 10.9 Å². The van der Waals surface area contributed by atoms with E-state index < -0.39 is 0 Å². The number of nitrogens with zero attached hydrogens (tertiary/aromatic N) is 2. The molecule has 0 N–H and O–H groups in total. The monoisotopic (exact) mass is 258 g/mol. The van der Waals surface area contributed by atoms with E-state index in [1.165, 1.54) is 27.9 Å². The molecule has 2 heterocycles. The van der Waals surface area contributed by atoms with Crippen molar-refractivity contribution in [1.82, 2.24) is 9.55 Å². The maximum atomic E-state index is 4.65. The number of rotatable bonds is 3. The van der Waals surface area contributed by atoms with Crippen LogP contribution in [0.25, 0.3) is 10.9 Å². The van der Waals surface area contributed by atoms with Gasteiger partial charge in [-0.1, -0.05) is 27.7 Å². The smallest absolute Gasteiger partial charge is 0.0525 e. The third-order valence-electron chi connectivity index (χ3n) is 3.88. The van der Waals surface area contributed by atoms with Gasteiger partial charge in [-0.15, -0.1) is 0 Å². The average molecular weight is 258 g/mol. The summed E-state index contributed by atoms with van der Waals surface area (Å²) in [6.07, 6.45) is 1.96. The van der Waals surface area contributed by atoms with Crippen molar-refractivity contribution in [1.29, 1.82) is 0 Å². The van der Waals surface area contributed by atoms with Crippen molar-refractivity contribution in [3.63, 3.8) is 0 Å². The van der Waals surface area contributed by atoms with Crippen molar-refractivity contribution < 1.29 is 0 Å². The van der Waals surface area contributed by atoms with Gasteiger partial charge in [-0.25, -0.2) is 0 Å². The zero-order chi connectivity index (χ0) is 14.3. The Bertz CT molecular complexity index is 589. The number of pyridine rings is 1. The van der Waals surface area contributed by atoms with Gasteiger partial charge in [-0.2, -0.15) is 0 Å². The number of hydrogen-bond donors (Lipinski definition) is 0. The number of hydrogen-bond acceptors (Lipinski definition) is 1. The van der Waals surface area contributed by atoms with Crippen molar-refractivity contribution in [2.45, 2.75) is 66.3 Å². The Kier molecular flexibility index (Phi) is 3.71. The normalized spacial score (nSPS) is 12.3. The minimum atomic E-state index is 0.462. The summed E-state index contributed by atoms with van der Waals surface area (Å²) in [6, 6.07) is 2.65. The minimum Gasteiger partial charge on any atom is -0.342 e. The van der Waals surface area contributed by atoms with E-state index in [0.717, 1.165) is 0 Å². The molecule has 0 spiro atoms. The lowest BCUT2D eigenvalue weighted by molar-refractivity contribution is 0.602. The molecular formula is C17H26N2. The van der Waals surface area contributed by atoms with Crippen LogP contribution in [0.5, 0.6) is 0 Å². The molecule has 2 rings (SSSR count). The second-order valence-corrected chi connectivity index (χ2v) is 6.36. The molecule has 2 aromatic heterocycles. The van der Waals surface area contributed by atoms with Crippen molar-refractivity contribution in [3.8, 4) is 0 Å². The van der Waals surface area contributed by atoms with E-state index in [1.807, 2.05) is 6.20 Å². The molecule has 0 aliphatic heterocycles.